The molecule has 2 heterocycles. The summed E-state index contributed by atoms with van der Waals surface area (Å²) in [5.74, 6) is 2.04. The van der Waals surface area contributed by atoms with Gasteiger partial charge in [-0.2, -0.15) is 0 Å². The van der Waals surface area contributed by atoms with Crippen LogP contribution >= 0.6 is 0 Å². The molecule has 0 fully saturated rings. The molecule has 0 saturated carbocycles. The molecule has 0 bridgehead atoms. The van der Waals surface area contributed by atoms with Gasteiger partial charge in [-0.1, -0.05) is 151 Å². The van der Waals surface area contributed by atoms with Crippen LogP contribution in [-0.4, -0.2) is 5.60 Å². The number of rotatable bonds is 17. The molecule has 2 aliphatic rings. The van der Waals surface area contributed by atoms with E-state index in [0.717, 1.165) is 53.0 Å². The maximum atomic E-state index is 7.00. The third-order valence-corrected chi connectivity index (χ3v) is 10.3. The predicted octanol–water partition coefficient (Wildman–Crippen LogP) is 12.5. The van der Waals surface area contributed by atoms with Gasteiger partial charge in [0, 0.05) is 16.7 Å². The Kier molecular flexibility index (Phi) is 12.4. The average Bonchev–Trinajstić information content (AvgIpc) is 3.07. The van der Waals surface area contributed by atoms with Crippen molar-refractivity contribution in [2.24, 2.45) is 0 Å². The summed E-state index contributed by atoms with van der Waals surface area (Å²) in [4.78, 5) is 0. The molecule has 3 aromatic carbocycles. The Hall–Kier alpha value is -2.78. The van der Waals surface area contributed by atoms with Crippen LogP contribution in [0.1, 0.15) is 162 Å². The molecule has 45 heavy (non-hydrogen) atoms. The summed E-state index contributed by atoms with van der Waals surface area (Å²) in [6.07, 6.45) is 21.9. The molecule has 0 amide bonds. The van der Waals surface area contributed by atoms with Crippen LogP contribution < -0.4 is 9.47 Å². The molecule has 0 radical (unpaired) electrons. The van der Waals surface area contributed by atoms with E-state index in [1.807, 2.05) is 18.2 Å². The largest absolute Gasteiger partial charge is 0.487 e. The zero-order valence-corrected chi connectivity index (χ0v) is 28.7. The van der Waals surface area contributed by atoms with E-state index in [4.69, 9.17) is 14.2 Å². The Bertz CT molecular complexity index is 1320. The summed E-state index contributed by atoms with van der Waals surface area (Å²) in [7, 11) is 0. The standard InChI is InChI=1S/C42H58O3/c1-5-6-7-8-9-10-11-12-13-14-15-16-17-24-30-42(4)31-29-36-37-39(33(3)32(2)38(36)45-42)43-41(35-27-22-19-23-28-35)44-40(37)34-25-20-18-21-26-34/h18-23,25-28,40-41H,5-17,24,29-31H2,1-4H3/t40-,41-,42?/m1/s1. The molecule has 3 heteroatoms. The number of hydrogen-bond acceptors (Lipinski definition) is 3. The van der Waals surface area contributed by atoms with Gasteiger partial charge in [-0.05, 0) is 63.1 Å². The Labute approximate surface area is 274 Å². The van der Waals surface area contributed by atoms with Gasteiger partial charge in [0.2, 0.25) is 6.29 Å². The highest BCUT2D eigenvalue weighted by Gasteiger charge is 2.40. The van der Waals surface area contributed by atoms with E-state index < -0.39 is 6.29 Å². The third kappa shape index (κ3) is 8.73. The van der Waals surface area contributed by atoms with Crippen LogP contribution in [0.5, 0.6) is 11.5 Å². The summed E-state index contributed by atoms with van der Waals surface area (Å²) in [5, 5.41) is 0. The van der Waals surface area contributed by atoms with Gasteiger partial charge in [0.1, 0.15) is 23.2 Å². The summed E-state index contributed by atoms with van der Waals surface area (Å²) in [6.45, 7) is 9.02. The highest BCUT2D eigenvalue weighted by molar-refractivity contribution is 5.62. The van der Waals surface area contributed by atoms with E-state index in [0.29, 0.717) is 0 Å². The van der Waals surface area contributed by atoms with Crippen molar-refractivity contribution in [2.75, 3.05) is 0 Å². The van der Waals surface area contributed by atoms with Gasteiger partial charge >= 0.3 is 0 Å². The number of fused-ring (bicyclic) bond motifs is 3. The lowest BCUT2D eigenvalue weighted by molar-refractivity contribution is -0.132. The van der Waals surface area contributed by atoms with E-state index in [2.05, 4.69) is 70.2 Å². The highest BCUT2D eigenvalue weighted by atomic mass is 16.7. The molecular weight excluding hydrogens is 552 g/mol. The average molecular weight is 611 g/mol. The molecule has 0 aliphatic carbocycles. The van der Waals surface area contributed by atoms with Crippen LogP contribution in [0.3, 0.4) is 0 Å². The lowest BCUT2D eigenvalue weighted by Gasteiger charge is -2.42. The molecule has 0 N–H and O–H groups in total. The fourth-order valence-electron chi connectivity index (χ4n) is 7.36. The maximum Gasteiger partial charge on any atom is 0.227 e. The number of benzene rings is 3. The third-order valence-electron chi connectivity index (χ3n) is 10.3. The van der Waals surface area contributed by atoms with Crippen LogP contribution in [0.2, 0.25) is 0 Å². The fraction of sp³-hybridized carbons (Fsp3) is 0.571. The lowest BCUT2D eigenvalue weighted by atomic mass is 9.82. The fourth-order valence-corrected chi connectivity index (χ4v) is 7.36. The minimum absolute atomic E-state index is 0.124. The van der Waals surface area contributed by atoms with Crippen molar-refractivity contribution in [3.63, 3.8) is 0 Å². The molecule has 5 rings (SSSR count). The molecule has 2 aliphatic heterocycles. The molecule has 0 saturated heterocycles. The molecule has 3 aromatic rings. The van der Waals surface area contributed by atoms with Crippen molar-refractivity contribution < 1.29 is 14.2 Å². The molecule has 3 atom stereocenters. The van der Waals surface area contributed by atoms with Crippen molar-refractivity contribution in [2.45, 2.75) is 155 Å². The summed E-state index contributed by atoms with van der Waals surface area (Å²) in [6, 6.07) is 20.9. The Morgan fingerprint density at radius 2 is 1.16 bits per heavy atom. The summed E-state index contributed by atoms with van der Waals surface area (Å²) >= 11 is 0. The van der Waals surface area contributed by atoms with E-state index in [9.17, 15) is 0 Å². The monoisotopic (exact) mass is 610 g/mol. The number of ether oxygens (including phenoxy) is 3. The molecule has 0 spiro atoms. The first-order valence-corrected chi connectivity index (χ1v) is 18.3. The van der Waals surface area contributed by atoms with Crippen molar-refractivity contribution in [3.8, 4) is 11.5 Å². The second-order valence-electron chi connectivity index (χ2n) is 14.0. The Morgan fingerprint density at radius 3 is 1.73 bits per heavy atom. The normalized spacial score (nSPS) is 20.6. The molecule has 244 valence electrons. The van der Waals surface area contributed by atoms with Crippen molar-refractivity contribution in [1.29, 1.82) is 0 Å². The minimum Gasteiger partial charge on any atom is -0.487 e. The number of unbranched alkanes of at least 4 members (excludes halogenated alkanes) is 13. The van der Waals surface area contributed by atoms with Crippen LogP contribution in [0.15, 0.2) is 60.7 Å². The van der Waals surface area contributed by atoms with Crippen LogP contribution in [0.4, 0.5) is 0 Å². The summed E-state index contributed by atoms with van der Waals surface area (Å²) < 4.78 is 20.5. The van der Waals surface area contributed by atoms with E-state index in [-0.39, 0.29) is 11.7 Å². The molecular formula is C42H58O3. The second kappa shape index (κ2) is 16.7. The Balaban J connectivity index is 1.17. The van der Waals surface area contributed by atoms with E-state index in [1.54, 1.807) is 0 Å². The van der Waals surface area contributed by atoms with Gasteiger partial charge in [-0.25, -0.2) is 0 Å². The van der Waals surface area contributed by atoms with Gasteiger partial charge in [0.05, 0.1) is 0 Å². The highest BCUT2D eigenvalue weighted by Crippen LogP contribution is 2.53. The van der Waals surface area contributed by atoms with Crippen LogP contribution in [-0.2, 0) is 11.2 Å². The van der Waals surface area contributed by atoms with E-state index >= 15 is 0 Å². The first-order chi connectivity index (χ1) is 22.0. The first-order valence-electron chi connectivity index (χ1n) is 18.3. The molecule has 3 nitrogen and oxygen atoms in total. The van der Waals surface area contributed by atoms with Crippen LogP contribution in [0.25, 0.3) is 0 Å². The SMILES string of the molecule is CCCCCCCCCCCCCCCCC1(C)CCc2c(c(C)c(C)c3c2[C@@H](c2ccccc2)O[C@H](c2ccccc2)O3)O1. The van der Waals surface area contributed by atoms with Crippen molar-refractivity contribution in [3.05, 3.63) is 94.0 Å². The Morgan fingerprint density at radius 1 is 0.644 bits per heavy atom. The summed E-state index contributed by atoms with van der Waals surface area (Å²) in [5.41, 5.74) is 6.86. The molecule has 0 aromatic heterocycles. The zero-order valence-electron chi connectivity index (χ0n) is 28.7. The maximum absolute atomic E-state index is 7.00. The van der Waals surface area contributed by atoms with Gasteiger partial charge in [0.25, 0.3) is 0 Å². The molecule has 1 unspecified atom stereocenters. The van der Waals surface area contributed by atoms with Gasteiger partial charge in [0.15, 0.2) is 0 Å². The van der Waals surface area contributed by atoms with Crippen LogP contribution in [0, 0.1) is 13.8 Å². The lowest BCUT2D eigenvalue weighted by Crippen LogP contribution is -2.38. The van der Waals surface area contributed by atoms with Gasteiger partial charge in [-0.15, -0.1) is 0 Å². The second-order valence-corrected chi connectivity index (χ2v) is 14.0. The number of hydrogen-bond donors (Lipinski definition) is 0. The predicted molar refractivity (Wildman–Crippen MR) is 187 cm³/mol. The van der Waals surface area contributed by atoms with Crippen molar-refractivity contribution in [1.82, 2.24) is 0 Å². The topological polar surface area (TPSA) is 27.7 Å². The van der Waals surface area contributed by atoms with Gasteiger partial charge < -0.3 is 14.2 Å². The minimum atomic E-state index is -0.449. The quantitative estimate of drug-likeness (QED) is 0.142. The van der Waals surface area contributed by atoms with Gasteiger partial charge in [-0.3, -0.25) is 0 Å². The van der Waals surface area contributed by atoms with E-state index in [1.165, 1.54) is 101 Å². The smallest absolute Gasteiger partial charge is 0.227 e. The first kappa shape index (κ1) is 33.6. The van der Waals surface area contributed by atoms with Crippen molar-refractivity contribution >= 4 is 0 Å². The zero-order chi connectivity index (χ0) is 31.5.